The van der Waals surface area contributed by atoms with Crippen molar-refractivity contribution < 1.29 is 4.79 Å². The number of allylic oxidation sites excluding steroid dienone is 4. The highest BCUT2D eigenvalue weighted by Gasteiger charge is 2.22. The molecule has 1 rings (SSSR count). The third-order valence-corrected chi connectivity index (χ3v) is 4.04. The largest absolute Gasteiger partial charge is 0.355 e. The minimum atomic E-state index is -0.0187. The molecule has 132 valence electrons. The number of hydrogen-bond acceptors (Lipinski definition) is 4. The fourth-order valence-electron chi connectivity index (χ4n) is 2.72. The number of nitrogens with one attached hydrogen (secondary N) is 1. The lowest BCUT2D eigenvalue weighted by molar-refractivity contribution is -0.117. The molecular weight excluding hydrogens is 288 g/mol. The van der Waals surface area contributed by atoms with Gasteiger partial charge in [-0.25, -0.2) is 0 Å². The van der Waals surface area contributed by atoms with E-state index < -0.39 is 0 Å². The maximum atomic E-state index is 11.9. The van der Waals surface area contributed by atoms with Crippen molar-refractivity contribution in [1.82, 2.24) is 10.2 Å². The first-order valence-electron chi connectivity index (χ1n) is 8.34. The van der Waals surface area contributed by atoms with E-state index in [0.717, 1.165) is 44.6 Å². The molecule has 0 aromatic carbocycles. The zero-order valence-electron chi connectivity index (χ0n) is 15.0. The molecule has 1 amide bonds. The molecule has 1 fully saturated rings. The van der Waals surface area contributed by atoms with Gasteiger partial charge in [-0.2, -0.15) is 0 Å². The van der Waals surface area contributed by atoms with Crippen LogP contribution in [-0.2, 0) is 4.79 Å². The summed E-state index contributed by atoms with van der Waals surface area (Å²) < 4.78 is 0. The van der Waals surface area contributed by atoms with Crippen LogP contribution in [0.1, 0.15) is 26.2 Å². The number of nitrogens with two attached hydrogens (primary N) is 2. The lowest BCUT2D eigenvalue weighted by atomic mass is 9.86. The molecule has 5 heteroatoms. The van der Waals surface area contributed by atoms with Crippen molar-refractivity contribution in [1.29, 1.82) is 0 Å². The predicted octanol–water partition coefficient (Wildman–Crippen LogP) is 1.43. The number of carbonyl (C=O) groups is 1. The summed E-state index contributed by atoms with van der Waals surface area (Å²) in [4.78, 5) is 14.3. The quantitative estimate of drug-likeness (QED) is 0.376. The third kappa shape index (κ3) is 8.11. The molecular formula is C18H34N4O. The Kier molecular flexibility index (Phi) is 12.2. The average molecular weight is 322 g/mol. The van der Waals surface area contributed by atoms with E-state index in [9.17, 15) is 4.79 Å². The van der Waals surface area contributed by atoms with E-state index in [1.165, 1.54) is 12.6 Å². The Morgan fingerprint density at radius 2 is 1.96 bits per heavy atom. The maximum absolute atomic E-state index is 11.9. The highest BCUT2D eigenvalue weighted by molar-refractivity contribution is 5.93. The minimum Gasteiger partial charge on any atom is -0.355 e. The zero-order chi connectivity index (χ0) is 17.7. The first-order valence-corrected chi connectivity index (χ1v) is 8.34. The van der Waals surface area contributed by atoms with Crippen LogP contribution in [0.15, 0.2) is 36.0 Å². The Hall–Kier alpha value is -1.43. The number of hydrogen-bond donors (Lipinski definition) is 3. The summed E-state index contributed by atoms with van der Waals surface area (Å²) in [5.74, 6) is 0.493. The standard InChI is InChI=1S/C17H29N3O.CH5N/c1-4-5-6-16(17(21)19-3)13-14(2)15-7-10-20(11-8-15)12-9-18;1-2/h4-6,15H,2,7-13,18H2,1,3H3,(H,19,21);2H2,1H3/b5-4-,16-6+;. The summed E-state index contributed by atoms with van der Waals surface area (Å²) in [5.41, 5.74) is 12.0. The van der Waals surface area contributed by atoms with Crippen molar-refractivity contribution in [3.63, 3.8) is 0 Å². The van der Waals surface area contributed by atoms with Gasteiger partial charge in [0.25, 0.3) is 0 Å². The number of piperidine rings is 1. The molecule has 1 saturated heterocycles. The van der Waals surface area contributed by atoms with Crippen LogP contribution in [0.4, 0.5) is 0 Å². The molecule has 1 aliphatic rings. The molecule has 0 radical (unpaired) electrons. The van der Waals surface area contributed by atoms with Gasteiger partial charge < -0.3 is 21.7 Å². The van der Waals surface area contributed by atoms with Crippen LogP contribution in [0.2, 0.25) is 0 Å². The van der Waals surface area contributed by atoms with Gasteiger partial charge >= 0.3 is 0 Å². The Balaban J connectivity index is 0.00000232. The number of likely N-dealkylation sites (tertiary alicyclic amines) is 1. The molecule has 0 aromatic rings. The number of carbonyl (C=O) groups excluding carboxylic acids is 1. The summed E-state index contributed by atoms with van der Waals surface area (Å²) in [5, 5.41) is 2.70. The number of likely N-dealkylation sites (N-methyl/N-ethyl adjacent to an activating group) is 1. The van der Waals surface area contributed by atoms with Crippen LogP contribution in [0.3, 0.4) is 0 Å². The molecule has 0 bridgehead atoms. The van der Waals surface area contributed by atoms with Crippen LogP contribution in [0, 0.1) is 5.92 Å². The topological polar surface area (TPSA) is 84.4 Å². The van der Waals surface area contributed by atoms with Gasteiger partial charge in [-0.3, -0.25) is 4.79 Å². The Labute approximate surface area is 141 Å². The first-order chi connectivity index (χ1) is 11.1. The van der Waals surface area contributed by atoms with Gasteiger partial charge in [0.1, 0.15) is 0 Å². The van der Waals surface area contributed by atoms with Gasteiger partial charge in [0.05, 0.1) is 0 Å². The van der Waals surface area contributed by atoms with Gasteiger partial charge in [-0.1, -0.05) is 30.4 Å². The van der Waals surface area contributed by atoms with Gasteiger partial charge in [-0.05, 0) is 52.2 Å². The van der Waals surface area contributed by atoms with E-state index in [0.29, 0.717) is 12.3 Å². The second kappa shape index (κ2) is 13.0. The maximum Gasteiger partial charge on any atom is 0.247 e. The number of nitrogens with zero attached hydrogens (tertiary/aromatic N) is 1. The molecule has 0 aliphatic carbocycles. The van der Waals surface area contributed by atoms with Crippen molar-refractivity contribution >= 4 is 5.91 Å². The molecule has 23 heavy (non-hydrogen) atoms. The number of amides is 1. The smallest absolute Gasteiger partial charge is 0.247 e. The van der Waals surface area contributed by atoms with Crippen LogP contribution >= 0.6 is 0 Å². The molecule has 5 N–H and O–H groups in total. The van der Waals surface area contributed by atoms with Crippen molar-refractivity contribution in [3.8, 4) is 0 Å². The van der Waals surface area contributed by atoms with Crippen molar-refractivity contribution in [2.45, 2.75) is 26.2 Å². The van der Waals surface area contributed by atoms with E-state index in [-0.39, 0.29) is 5.91 Å². The average Bonchev–Trinajstić information content (AvgIpc) is 2.60. The fourth-order valence-corrected chi connectivity index (χ4v) is 2.72. The molecule has 1 heterocycles. The SMILES string of the molecule is C=C(C/C(=C\C=C/C)C(=O)NC)C1CCN(CCN)CC1.CN. The second-order valence-electron chi connectivity index (χ2n) is 5.54. The third-order valence-electron chi connectivity index (χ3n) is 4.04. The Bertz CT molecular complexity index is 407. The van der Waals surface area contributed by atoms with Gasteiger partial charge in [-0.15, -0.1) is 0 Å². The zero-order valence-corrected chi connectivity index (χ0v) is 15.0. The van der Waals surface area contributed by atoms with E-state index in [4.69, 9.17) is 5.73 Å². The van der Waals surface area contributed by atoms with Crippen molar-refractivity contribution in [3.05, 3.63) is 36.0 Å². The van der Waals surface area contributed by atoms with Gasteiger partial charge in [0.15, 0.2) is 0 Å². The van der Waals surface area contributed by atoms with Crippen LogP contribution in [0.5, 0.6) is 0 Å². The fraction of sp³-hybridized carbons (Fsp3) is 0.611. The van der Waals surface area contributed by atoms with Gasteiger partial charge in [0, 0.05) is 25.7 Å². The monoisotopic (exact) mass is 322 g/mol. The highest BCUT2D eigenvalue weighted by Crippen LogP contribution is 2.27. The molecule has 0 atom stereocenters. The number of rotatable bonds is 7. The second-order valence-corrected chi connectivity index (χ2v) is 5.54. The summed E-state index contributed by atoms with van der Waals surface area (Å²) in [6.07, 6.45) is 8.60. The molecule has 0 unspecified atom stereocenters. The minimum absolute atomic E-state index is 0.0187. The van der Waals surface area contributed by atoms with Crippen molar-refractivity contribution in [2.24, 2.45) is 17.4 Å². The van der Waals surface area contributed by atoms with E-state index >= 15 is 0 Å². The molecule has 1 aliphatic heterocycles. The molecule has 0 saturated carbocycles. The Morgan fingerprint density at radius 1 is 1.35 bits per heavy atom. The lowest BCUT2D eigenvalue weighted by Gasteiger charge is -2.32. The van der Waals surface area contributed by atoms with Crippen LogP contribution in [-0.4, -0.2) is 51.1 Å². The first kappa shape index (κ1) is 21.6. The summed E-state index contributed by atoms with van der Waals surface area (Å²) in [7, 11) is 3.17. The van der Waals surface area contributed by atoms with E-state index in [2.05, 4.69) is 22.5 Å². The highest BCUT2D eigenvalue weighted by atomic mass is 16.1. The molecule has 0 spiro atoms. The summed E-state index contributed by atoms with van der Waals surface area (Å²) >= 11 is 0. The predicted molar refractivity (Wildman–Crippen MR) is 99.1 cm³/mol. The molecule has 0 aromatic heterocycles. The Morgan fingerprint density at radius 3 is 2.43 bits per heavy atom. The van der Waals surface area contributed by atoms with E-state index in [1.807, 2.05) is 25.2 Å². The lowest BCUT2D eigenvalue weighted by Crippen LogP contribution is -2.37. The van der Waals surface area contributed by atoms with E-state index in [1.54, 1.807) is 7.05 Å². The van der Waals surface area contributed by atoms with Crippen LogP contribution in [0.25, 0.3) is 0 Å². The molecule has 5 nitrogen and oxygen atoms in total. The summed E-state index contributed by atoms with van der Waals surface area (Å²) in [6.45, 7) is 10.0. The summed E-state index contributed by atoms with van der Waals surface area (Å²) in [6, 6.07) is 0. The normalized spacial score (nSPS) is 16.8. The van der Waals surface area contributed by atoms with Gasteiger partial charge in [0.2, 0.25) is 5.91 Å². The van der Waals surface area contributed by atoms with Crippen LogP contribution < -0.4 is 16.8 Å². The van der Waals surface area contributed by atoms with Crippen molar-refractivity contribution in [2.75, 3.05) is 40.3 Å².